The number of Topliss-reactive ketones (excluding diaryl/α,β-unsaturated/α-hetero) is 1. The summed E-state index contributed by atoms with van der Waals surface area (Å²) >= 11 is 4.47. The van der Waals surface area contributed by atoms with E-state index in [-0.39, 0.29) is 11.7 Å². The molecular formula is C16H17N3O2S3. The molecule has 0 fully saturated rings. The monoisotopic (exact) mass is 379 g/mol. The molecule has 0 spiro atoms. The maximum atomic E-state index is 12.2. The molecular weight excluding hydrogens is 362 g/mol. The van der Waals surface area contributed by atoms with Crippen molar-refractivity contribution in [3.63, 3.8) is 0 Å². The van der Waals surface area contributed by atoms with Gasteiger partial charge in [-0.05, 0) is 31.2 Å². The van der Waals surface area contributed by atoms with Crippen LogP contribution in [0.4, 0.5) is 5.69 Å². The summed E-state index contributed by atoms with van der Waals surface area (Å²) < 4.78 is 1.66. The van der Waals surface area contributed by atoms with Crippen molar-refractivity contribution in [1.82, 2.24) is 10.2 Å². The van der Waals surface area contributed by atoms with Gasteiger partial charge in [-0.3, -0.25) is 9.59 Å². The van der Waals surface area contributed by atoms with Crippen LogP contribution in [0.5, 0.6) is 0 Å². The molecule has 1 aromatic heterocycles. The molecule has 1 heterocycles. The van der Waals surface area contributed by atoms with Gasteiger partial charge in [-0.25, -0.2) is 0 Å². The fourth-order valence-electron chi connectivity index (χ4n) is 1.65. The fraction of sp³-hybridized carbons (Fsp3) is 0.250. The molecule has 0 aliphatic carbocycles. The Labute approximate surface area is 153 Å². The zero-order chi connectivity index (χ0) is 17.5. The number of rotatable bonds is 8. The second kappa shape index (κ2) is 9.00. The third kappa shape index (κ3) is 6.10. The van der Waals surface area contributed by atoms with E-state index >= 15 is 0 Å². The molecule has 8 heteroatoms. The summed E-state index contributed by atoms with van der Waals surface area (Å²) in [5.74, 6) is 1.000. The fourth-order valence-corrected chi connectivity index (χ4v) is 4.41. The van der Waals surface area contributed by atoms with E-state index in [1.54, 1.807) is 36.0 Å². The number of nitrogens with zero attached hydrogens (tertiary/aromatic N) is 2. The van der Waals surface area contributed by atoms with Crippen LogP contribution in [-0.4, -0.2) is 33.4 Å². The number of benzene rings is 1. The molecule has 1 N–H and O–H groups in total. The van der Waals surface area contributed by atoms with E-state index in [2.05, 4.69) is 22.1 Å². The van der Waals surface area contributed by atoms with E-state index in [0.29, 0.717) is 17.0 Å². The van der Waals surface area contributed by atoms with Crippen LogP contribution in [-0.2, 0) is 4.79 Å². The van der Waals surface area contributed by atoms with Crippen LogP contribution in [0.15, 0.2) is 45.1 Å². The van der Waals surface area contributed by atoms with Gasteiger partial charge < -0.3 is 5.32 Å². The highest BCUT2D eigenvalue weighted by molar-refractivity contribution is 8.03. The molecule has 0 saturated carbocycles. The van der Waals surface area contributed by atoms with Gasteiger partial charge >= 0.3 is 0 Å². The first-order valence-electron chi connectivity index (χ1n) is 7.08. The predicted molar refractivity (Wildman–Crippen MR) is 101 cm³/mol. The molecule has 5 nitrogen and oxygen atoms in total. The van der Waals surface area contributed by atoms with Gasteiger partial charge in [0.05, 0.1) is 5.75 Å². The minimum Gasteiger partial charge on any atom is -0.326 e. The Kier molecular flexibility index (Phi) is 7.01. The van der Waals surface area contributed by atoms with Crippen molar-refractivity contribution in [2.45, 2.75) is 22.5 Å². The minimum atomic E-state index is -0.138. The average molecular weight is 380 g/mol. The molecule has 126 valence electrons. The topological polar surface area (TPSA) is 72.0 Å². The van der Waals surface area contributed by atoms with Crippen LogP contribution in [0.3, 0.4) is 0 Å². The van der Waals surface area contributed by atoms with E-state index in [0.717, 1.165) is 20.0 Å². The Morgan fingerprint density at radius 2 is 1.67 bits per heavy atom. The lowest BCUT2D eigenvalue weighted by atomic mass is 10.1. The smallest absolute Gasteiger partial charge is 0.221 e. The summed E-state index contributed by atoms with van der Waals surface area (Å²) in [4.78, 5) is 23.2. The van der Waals surface area contributed by atoms with Gasteiger partial charge in [-0.2, -0.15) is 0 Å². The van der Waals surface area contributed by atoms with Crippen molar-refractivity contribution in [3.8, 4) is 0 Å². The van der Waals surface area contributed by atoms with E-state index < -0.39 is 0 Å². The molecule has 0 saturated heterocycles. The number of anilines is 1. The maximum absolute atomic E-state index is 12.2. The number of hydrogen-bond donors (Lipinski definition) is 1. The highest BCUT2D eigenvalue weighted by Gasteiger charge is 2.10. The van der Waals surface area contributed by atoms with Crippen LogP contribution < -0.4 is 5.32 Å². The van der Waals surface area contributed by atoms with Gasteiger partial charge in [0.2, 0.25) is 5.91 Å². The number of nitrogens with one attached hydrogen (secondary N) is 1. The number of carbonyl (C=O) groups is 2. The van der Waals surface area contributed by atoms with E-state index in [1.807, 2.05) is 6.92 Å². The molecule has 0 radical (unpaired) electrons. The summed E-state index contributed by atoms with van der Waals surface area (Å²) in [6.07, 6.45) is 0. The molecule has 0 aliphatic rings. The molecule has 0 aliphatic heterocycles. The molecule has 24 heavy (non-hydrogen) atoms. The molecule has 0 unspecified atom stereocenters. The van der Waals surface area contributed by atoms with Gasteiger partial charge in [0, 0.05) is 23.9 Å². The summed E-state index contributed by atoms with van der Waals surface area (Å²) in [6.45, 7) is 7.27. The van der Waals surface area contributed by atoms with Gasteiger partial charge in [0.1, 0.15) is 0 Å². The highest BCUT2D eigenvalue weighted by atomic mass is 32.2. The number of ketones is 1. The number of aromatic nitrogens is 2. The van der Waals surface area contributed by atoms with Crippen molar-refractivity contribution in [2.75, 3.05) is 16.8 Å². The van der Waals surface area contributed by atoms with Gasteiger partial charge in [0.15, 0.2) is 14.5 Å². The Morgan fingerprint density at radius 3 is 2.21 bits per heavy atom. The third-order valence-electron chi connectivity index (χ3n) is 2.68. The molecule has 1 amide bonds. The van der Waals surface area contributed by atoms with Crippen molar-refractivity contribution in [2.24, 2.45) is 0 Å². The lowest BCUT2D eigenvalue weighted by molar-refractivity contribution is -0.114. The van der Waals surface area contributed by atoms with Crippen molar-refractivity contribution < 1.29 is 9.59 Å². The van der Waals surface area contributed by atoms with Crippen molar-refractivity contribution in [1.29, 1.82) is 0 Å². The van der Waals surface area contributed by atoms with Crippen LogP contribution >= 0.6 is 34.9 Å². The van der Waals surface area contributed by atoms with E-state index in [9.17, 15) is 9.59 Å². The largest absolute Gasteiger partial charge is 0.326 e. The molecule has 2 aromatic rings. The number of thioether (sulfide) groups is 2. The Morgan fingerprint density at radius 1 is 1.08 bits per heavy atom. The highest BCUT2D eigenvalue weighted by Crippen LogP contribution is 2.29. The summed E-state index contributed by atoms with van der Waals surface area (Å²) in [7, 11) is 0. The lowest BCUT2D eigenvalue weighted by Crippen LogP contribution is -2.06. The Balaban J connectivity index is 1.86. The Bertz CT molecular complexity index is 741. The standard InChI is InChI=1S/C16H17N3O2S3/c1-10(2)8-22-15-18-19-16(24-15)23-9-14(21)12-4-6-13(7-5-12)17-11(3)20/h4-7H,1,8-9H2,2-3H3,(H,17,20). The lowest BCUT2D eigenvalue weighted by Gasteiger charge is -2.03. The summed E-state index contributed by atoms with van der Waals surface area (Å²) in [5, 5.41) is 10.9. The number of carbonyl (C=O) groups excluding carboxylic acids is 2. The quantitative estimate of drug-likeness (QED) is 0.422. The van der Waals surface area contributed by atoms with E-state index in [1.165, 1.54) is 30.0 Å². The maximum Gasteiger partial charge on any atom is 0.221 e. The SMILES string of the molecule is C=C(C)CSc1nnc(SCC(=O)c2ccc(NC(C)=O)cc2)s1. The number of amides is 1. The average Bonchev–Trinajstić information content (AvgIpc) is 2.99. The predicted octanol–water partition coefficient (Wildman–Crippen LogP) is 4.14. The molecule has 1 aromatic carbocycles. The first kappa shape index (κ1) is 18.7. The first-order chi connectivity index (χ1) is 11.4. The van der Waals surface area contributed by atoms with Crippen LogP contribution in [0.25, 0.3) is 0 Å². The van der Waals surface area contributed by atoms with Gasteiger partial charge in [0.25, 0.3) is 0 Å². The Hall–Kier alpha value is -1.64. The third-order valence-corrected chi connectivity index (χ3v) is 6.10. The van der Waals surface area contributed by atoms with Crippen LogP contribution in [0.2, 0.25) is 0 Å². The van der Waals surface area contributed by atoms with Crippen molar-refractivity contribution >= 4 is 52.2 Å². The first-order valence-corrected chi connectivity index (χ1v) is 9.87. The second-order valence-electron chi connectivity index (χ2n) is 5.05. The number of hydrogen-bond acceptors (Lipinski definition) is 7. The molecule has 0 bridgehead atoms. The molecule has 0 atom stereocenters. The van der Waals surface area contributed by atoms with Crippen LogP contribution in [0.1, 0.15) is 24.2 Å². The van der Waals surface area contributed by atoms with E-state index in [4.69, 9.17) is 0 Å². The van der Waals surface area contributed by atoms with Crippen LogP contribution in [0, 0.1) is 0 Å². The zero-order valence-corrected chi connectivity index (χ0v) is 15.8. The second-order valence-corrected chi connectivity index (χ2v) is 8.47. The zero-order valence-electron chi connectivity index (χ0n) is 13.4. The van der Waals surface area contributed by atoms with Gasteiger partial charge in [-0.1, -0.05) is 47.0 Å². The normalized spacial score (nSPS) is 10.4. The van der Waals surface area contributed by atoms with Crippen molar-refractivity contribution in [3.05, 3.63) is 42.0 Å². The molecule has 2 rings (SSSR count). The minimum absolute atomic E-state index is 0.0146. The van der Waals surface area contributed by atoms with Gasteiger partial charge in [-0.15, -0.1) is 10.2 Å². The summed E-state index contributed by atoms with van der Waals surface area (Å²) in [6, 6.07) is 6.86. The summed E-state index contributed by atoms with van der Waals surface area (Å²) in [5.41, 5.74) is 2.37.